The van der Waals surface area contributed by atoms with Crippen molar-refractivity contribution in [2.24, 2.45) is 0 Å². The lowest BCUT2D eigenvalue weighted by atomic mass is 9.88. The second kappa shape index (κ2) is 9.81. The fourth-order valence-electron chi connectivity index (χ4n) is 4.59. The van der Waals surface area contributed by atoms with Gasteiger partial charge in [0.2, 0.25) is 5.91 Å². The van der Waals surface area contributed by atoms with E-state index in [2.05, 4.69) is 28.5 Å². The van der Waals surface area contributed by atoms with E-state index in [0.717, 1.165) is 40.9 Å². The quantitative estimate of drug-likeness (QED) is 0.539. The molecule has 1 saturated heterocycles. The molecule has 2 heterocycles. The highest BCUT2D eigenvalue weighted by atomic mass is 16.5. The van der Waals surface area contributed by atoms with Crippen LogP contribution in [0.15, 0.2) is 54.7 Å². The second-order valence-corrected chi connectivity index (χ2v) is 8.23. The van der Waals surface area contributed by atoms with Crippen molar-refractivity contribution < 1.29 is 14.4 Å². The third-order valence-electron chi connectivity index (χ3n) is 6.24. The minimum absolute atomic E-state index is 0.0291. The van der Waals surface area contributed by atoms with Crippen LogP contribution < -0.4 is 15.0 Å². The summed E-state index contributed by atoms with van der Waals surface area (Å²) in [7, 11) is 1.68. The number of piperidine rings is 1. The van der Waals surface area contributed by atoms with Gasteiger partial charge in [-0.1, -0.05) is 30.3 Å². The first-order valence-electron chi connectivity index (χ1n) is 11.0. The lowest BCUT2D eigenvalue weighted by molar-refractivity contribution is -0.903. The molecule has 3 N–H and O–H groups in total. The standard InChI is InChI=1S/C25H31N3O2/c1-30-20-9-7-8-19(16-20)22(23-18-27-24-11-4-3-10-21(23)24)17-25(29)26-12-15-28-13-5-2-6-14-28/h3-4,7-11,16,18,22,27H,2,5-6,12-15,17H2,1H3,(H,26,29)/p+1/t22-/m0/s1. The Kier molecular flexibility index (Phi) is 6.70. The van der Waals surface area contributed by atoms with Gasteiger partial charge in [0.15, 0.2) is 0 Å². The molecule has 1 amide bonds. The average molecular weight is 407 g/mol. The zero-order valence-corrected chi connectivity index (χ0v) is 17.7. The van der Waals surface area contributed by atoms with Crippen molar-refractivity contribution in [1.82, 2.24) is 10.3 Å². The SMILES string of the molecule is COc1cccc([C@H](CC(=O)NCC[NH+]2CCCCC2)c2c[nH]c3ccccc23)c1. The molecule has 0 saturated carbocycles. The van der Waals surface area contributed by atoms with Crippen LogP contribution in [-0.4, -0.2) is 44.2 Å². The first-order valence-corrected chi connectivity index (χ1v) is 11.0. The smallest absolute Gasteiger partial charge is 0.221 e. The Morgan fingerprint density at radius 1 is 1.13 bits per heavy atom. The van der Waals surface area contributed by atoms with E-state index < -0.39 is 0 Å². The molecular formula is C25H32N3O2+. The summed E-state index contributed by atoms with van der Waals surface area (Å²) < 4.78 is 5.44. The van der Waals surface area contributed by atoms with Crippen molar-refractivity contribution in [2.75, 3.05) is 33.3 Å². The van der Waals surface area contributed by atoms with Gasteiger partial charge in [0.25, 0.3) is 0 Å². The number of methoxy groups -OCH3 is 1. The summed E-state index contributed by atoms with van der Waals surface area (Å²) in [6.45, 7) is 4.23. The molecule has 5 heteroatoms. The summed E-state index contributed by atoms with van der Waals surface area (Å²) >= 11 is 0. The van der Waals surface area contributed by atoms with Gasteiger partial charge in [-0.15, -0.1) is 0 Å². The molecule has 3 aromatic rings. The summed E-state index contributed by atoms with van der Waals surface area (Å²) in [6, 6.07) is 16.3. The summed E-state index contributed by atoms with van der Waals surface area (Å²) in [5.74, 6) is 0.884. The van der Waals surface area contributed by atoms with Crippen LogP contribution in [0, 0.1) is 0 Å². The third kappa shape index (κ3) is 4.85. The highest BCUT2D eigenvalue weighted by Gasteiger charge is 2.22. The summed E-state index contributed by atoms with van der Waals surface area (Å²) in [5, 5.41) is 4.33. The molecule has 0 spiro atoms. The number of amides is 1. The molecule has 30 heavy (non-hydrogen) atoms. The third-order valence-corrected chi connectivity index (χ3v) is 6.24. The first kappa shape index (κ1) is 20.5. The number of carbonyl (C=O) groups excluding carboxylic acids is 1. The van der Waals surface area contributed by atoms with Gasteiger partial charge < -0.3 is 19.9 Å². The Balaban J connectivity index is 1.50. The monoisotopic (exact) mass is 406 g/mol. The molecule has 1 aliphatic heterocycles. The Labute approximate surface area is 178 Å². The molecular weight excluding hydrogens is 374 g/mol. The fourth-order valence-corrected chi connectivity index (χ4v) is 4.59. The lowest BCUT2D eigenvalue weighted by Crippen LogP contribution is -3.13. The zero-order chi connectivity index (χ0) is 20.8. The largest absolute Gasteiger partial charge is 0.497 e. The number of H-pyrrole nitrogens is 1. The number of nitrogens with one attached hydrogen (secondary N) is 3. The van der Waals surface area contributed by atoms with Crippen LogP contribution in [0.5, 0.6) is 5.75 Å². The molecule has 158 valence electrons. The number of hydrogen-bond donors (Lipinski definition) is 3. The topological polar surface area (TPSA) is 58.6 Å². The van der Waals surface area contributed by atoms with Crippen LogP contribution in [0.2, 0.25) is 0 Å². The van der Waals surface area contributed by atoms with Crippen molar-refractivity contribution in [3.8, 4) is 5.75 Å². The maximum atomic E-state index is 12.9. The minimum Gasteiger partial charge on any atom is -0.497 e. The van der Waals surface area contributed by atoms with E-state index in [-0.39, 0.29) is 11.8 Å². The Morgan fingerprint density at radius 3 is 2.80 bits per heavy atom. The van der Waals surface area contributed by atoms with Crippen LogP contribution >= 0.6 is 0 Å². The van der Waals surface area contributed by atoms with Crippen LogP contribution in [0.3, 0.4) is 0 Å². The second-order valence-electron chi connectivity index (χ2n) is 8.23. The van der Waals surface area contributed by atoms with Crippen LogP contribution in [0.25, 0.3) is 10.9 Å². The van der Waals surface area contributed by atoms with Gasteiger partial charge in [-0.25, -0.2) is 0 Å². The highest BCUT2D eigenvalue weighted by molar-refractivity contribution is 5.86. The van der Waals surface area contributed by atoms with Crippen molar-refractivity contribution in [1.29, 1.82) is 0 Å². The van der Waals surface area contributed by atoms with Crippen LogP contribution in [-0.2, 0) is 4.79 Å². The molecule has 4 rings (SSSR count). The van der Waals surface area contributed by atoms with Crippen molar-refractivity contribution in [3.63, 3.8) is 0 Å². The number of para-hydroxylation sites is 1. The summed E-state index contributed by atoms with van der Waals surface area (Å²) in [5.41, 5.74) is 3.33. The van der Waals surface area contributed by atoms with Gasteiger partial charge in [0, 0.05) is 29.4 Å². The van der Waals surface area contributed by atoms with E-state index in [4.69, 9.17) is 4.74 Å². The number of likely N-dealkylation sites (tertiary alicyclic amines) is 1. The molecule has 0 unspecified atom stereocenters. The van der Waals surface area contributed by atoms with E-state index in [0.29, 0.717) is 6.42 Å². The molecule has 0 aliphatic carbocycles. The zero-order valence-electron chi connectivity index (χ0n) is 17.7. The van der Waals surface area contributed by atoms with Crippen molar-refractivity contribution in [2.45, 2.75) is 31.6 Å². The minimum atomic E-state index is -0.0291. The molecule has 1 atom stereocenters. The van der Waals surface area contributed by atoms with Crippen LogP contribution in [0.4, 0.5) is 0 Å². The van der Waals surface area contributed by atoms with Gasteiger partial charge in [0.05, 0.1) is 33.3 Å². The van der Waals surface area contributed by atoms with Gasteiger partial charge in [-0.3, -0.25) is 4.79 Å². The Morgan fingerprint density at radius 2 is 1.97 bits per heavy atom. The average Bonchev–Trinajstić information content (AvgIpc) is 3.22. The number of aromatic amines is 1. The number of fused-ring (bicyclic) bond motifs is 1. The Bertz CT molecular complexity index is 975. The number of carbonyl (C=O) groups is 1. The van der Waals surface area contributed by atoms with E-state index in [1.807, 2.05) is 36.5 Å². The normalized spacial score (nSPS) is 15.8. The van der Waals surface area contributed by atoms with Gasteiger partial charge in [-0.2, -0.15) is 0 Å². The highest BCUT2D eigenvalue weighted by Crippen LogP contribution is 2.34. The molecule has 1 fully saturated rings. The number of hydrogen-bond acceptors (Lipinski definition) is 2. The number of aromatic nitrogens is 1. The maximum absolute atomic E-state index is 12.9. The number of rotatable bonds is 8. The summed E-state index contributed by atoms with van der Waals surface area (Å²) in [4.78, 5) is 17.9. The summed E-state index contributed by atoms with van der Waals surface area (Å²) in [6.07, 6.45) is 6.43. The van der Waals surface area contributed by atoms with Gasteiger partial charge >= 0.3 is 0 Å². The molecule has 2 aromatic carbocycles. The fraction of sp³-hybridized carbons (Fsp3) is 0.400. The predicted octanol–water partition coefficient (Wildman–Crippen LogP) is 2.88. The lowest BCUT2D eigenvalue weighted by Gasteiger charge is -2.23. The van der Waals surface area contributed by atoms with Gasteiger partial charge in [0.1, 0.15) is 5.75 Å². The maximum Gasteiger partial charge on any atom is 0.221 e. The molecule has 1 aromatic heterocycles. The number of benzene rings is 2. The van der Waals surface area contributed by atoms with Crippen molar-refractivity contribution in [3.05, 3.63) is 65.9 Å². The Hall–Kier alpha value is -2.79. The van der Waals surface area contributed by atoms with Gasteiger partial charge in [-0.05, 0) is 48.6 Å². The van der Waals surface area contributed by atoms with E-state index in [9.17, 15) is 4.79 Å². The van der Waals surface area contributed by atoms with E-state index in [1.165, 1.54) is 32.4 Å². The predicted molar refractivity (Wildman–Crippen MR) is 120 cm³/mol. The van der Waals surface area contributed by atoms with E-state index >= 15 is 0 Å². The van der Waals surface area contributed by atoms with Crippen molar-refractivity contribution >= 4 is 16.8 Å². The molecule has 0 bridgehead atoms. The molecule has 0 radical (unpaired) electrons. The number of quaternary nitrogens is 1. The number of ether oxygens (including phenoxy) is 1. The first-order chi connectivity index (χ1) is 14.7. The molecule has 1 aliphatic rings. The van der Waals surface area contributed by atoms with Crippen LogP contribution in [0.1, 0.15) is 42.7 Å². The molecule has 5 nitrogen and oxygen atoms in total. The van der Waals surface area contributed by atoms with E-state index in [1.54, 1.807) is 12.0 Å².